The summed E-state index contributed by atoms with van der Waals surface area (Å²) in [5.41, 5.74) is 4.74. The van der Waals surface area contributed by atoms with Crippen LogP contribution in [0.3, 0.4) is 0 Å². The number of amides is 1. The topological polar surface area (TPSA) is 57.8 Å². The van der Waals surface area contributed by atoms with E-state index in [4.69, 9.17) is 0 Å². The number of nitrogens with one attached hydrogen (secondary N) is 2. The van der Waals surface area contributed by atoms with Crippen LogP contribution < -0.4 is 5.32 Å². The van der Waals surface area contributed by atoms with Gasteiger partial charge in [0, 0.05) is 16.6 Å². The molecule has 0 unspecified atom stereocenters. The number of fused-ring (bicyclic) bond motifs is 1. The summed E-state index contributed by atoms with van der Waals surface area (Å²) in [5.74, 6) is -0.227. The van der Waals surface area contributed by atoms with Crippen molar-refractivity contribution >= 4 is 22.5 Å². The number of benzene rings is 2. The molecule has 0 aliphatic rings. The van der Waals surface area contributed by atoms with Gasteiger partial charge in [-0.05, 0) is 36.8 Å². The average Bonchev–Trinajstić information content (AvgIpc) is 2.90. The predicted molar refractivity (Wildman–Crippen MR) is 85.1 cm³/mol. The molecule has 2 aromatic carbocycles. The van der Waals surface area contributed by atoms with Gasteiger partial charge >= 0.3 is 0 Å². The van der Waals surface area contributed by atoms with Crippen molar-refractivity contribution in [3.8, 4) is 11.3 Å². The summed E-state index contributed by atoms with van der Waals surface area (Å²) in [4.78, 5) is 11.4. The molecule has 21 heavy (non-hydrogen) atoms. The van der Waals surface area contributed by atoms with Crippen LogP contribution in [0.15, 0.2) is 55.1 Å². The minimum absolute atomic E-state index is 0.227. The Morgan fingerprint density at radius 1 is 1.29 bits per heavy atom. The molecule has 1 aromatic heterocycles. The minimum Gasteiger partial charge on any atom is -0.323 e. The van der Waals surface area contributed by atoms with Gasteiger partial charge in [-0.15, -0.1) is 0 Å². The number of carbonyl (C=O) groups excluding carboxylic acids is 1. The van der Waals surface area contributed by atoms with Crippen LogP contribution in [-0.2, 0) is 4.79 Å². The molecule has 0 saturated heterocycles. The normalized spacial score (nSPS) is 10.5. The monoisotopic (exact) mass is 277 g/mol. The van der Waals surface area contributed by atoms with E-state index in [1.54, 1.807) is 0 Å². The van der Waals surface area contributed by atoms with Crippen LogP contribution in [-0.4, -0.2) is 16.1 Å². The number of aromatic amines is 1. The zero-order valence-corrected chi connectivity index (χ0v) is 11.7. The van der Waals surface area contributed by atoms with Crippen molar-refractivity contribution in [2.24, 2.45) is 0 Å². The molecule has 3 aromatic rings. The highest BCUT2D eigenvalue weighted by Crippen LogP contribution is 2.28. The van der Waals surface area contributed by atoms with Crippen LogP contribution >= 0.6 is 0 Å². The molecule has 3 rings (SSSR count). The van der Waals surface area contributed by atoms with E-state index >= 15 is 0 Å². The number of nitrogens with zero attached hydrogens (tertiary/aromatic N) is 1. The van der Waals surface area contributed by atoms with E-state index in [0.29, 0.717) is 0 Å². The maximum Gasteiger partial charge on any atom is 0.247 e. The Morgan fingerprint density at radius 2 is 2.14 bits per heavy atom. The molecule has 0 saturated carbocycles. The van der Waals surface area contributed by atoms with E-state index in [1.165, 1.54) is 11.6 Å². The van der Waals surface area contributed by atoms with Crippen molar-refractivity contribution < 1.29 is 4.79 Å². The number of aryl methyl sites for hydroxylation is 1. The molecule has 0 aliphatic heterocycles. The lowest BCUT2D eigenvalue weighted by atomic mass is 10.1. The lowest BCUT2D eigenvalue weighted by molar-refractivity contribution is -0.111. The molecule has 0 bridgehead atoms. The summed E-state index contributed by atoms with van der Waals surface area (Å²) in [5, 5.41) is 11.3. The smallest absolute Gasteiger partial charge is 0.247 e. The zero-order chi connectivity index (χ0) is 14.8. The fourth-order valence-electron chi connectivity index (χ4n) is 2.29. The lowest BCUT2D eigenvalue weighted by Gasteiger charge is -2.04. The minimum atomic E-state index is -0.227. The third kappa shape index (κ3) is 2.56. The Morgan fingerprint density at radius 3 is 2.95 bits per heavy atom. The quantitative estimate of drug-likeness (QED) is 0.718. The number of hydrogen-bond acceptors (Lipinski definition) is 2. The predicted octanol–water partition coefficient (Wildman–Crippen LogP) is 3.66. The van der Waals surface area contributed by atoms with Crippen LogP contribution in [0.1, 0.15) is 5.56 Å². The molecule has 0 radical (unpaired) electrons. The van der Waals surface area contributed by atoms with Gasteiger partial charge in [-0.3, -0.25) is 9.89 Å². The van der Waals surface area contributed by atoms with Gasteiger partial charge in [-0.2, -0.15) is 5.10 Å². The second-order valence-corrected chi connectivity index (χ2v) is 4.90. The van der Waals surface area contributed by atoms with E-state index < -0.39 is 0 Å². The van der Waals surface area contributed by atoms with Crippen LogP contribution in [0.4, 0.5) is 5.69 Å². The summed E-state index contributed by atoms with van der Waals surface area (Å²) < 4.78 is 0. The molecule has 1 amide bonds. The summed E-state index contributed by atoms with van der Waals surface area (Å²) in [6.45, 7) is 5.50. The number of hydrogen-bond donors (Lipinski definition) is 2. The molecular formula is C17H15N3O. The van der Waals surface area contributed by atoms with Crippen LogP contribution in [0, 0.1) is 6.92 Å². The largest absolute Gasteiger partial charge is 0.323 e. The number of anilines is 1. The Balaban J connectivity index is 2.04. The van der Waals surface area contributed by atoms with E-state index in [1.807, 2.05) is 31.2 Å². The van der Waals surface area contributed by atoms with Crippen LogP contribution in [0.2, 0.25) is 0 Å². The van der Waals surface area contributed by atoms with Gasteiger partial charge < -0.3 is 5.32 Å². The van der Waals surface area contributed by atoms with Crippen molar-refractivity contribution in [2.45, 2.75) is 6.92 Å². The summed E-state index contributed by atoms with van der Waals surface area (Å²) in [6, 6.07) is 13.8. The zero-order valence-electron chi connectivity index (χ0n) is 11.7. The molecule has 0 atom stereocenters. The summed E-state index contributed by atoms with van der Waals surface area (Å²) >= 11 is 0. The fourth-order valence-corrected chi connectivity index (χ4v) is 2.29. The van der Waals surface area contributed by atoms with Crippen molar-refractivity contribution in [1.82, 2.24) is 10.2 Å². The van der Waals surface area contributed by atoms with E-state index in [0.717, 1.165) is 27.8 Å². The van der Waals surface area contributed by atoms with Crippen molar-refractivity contribution in [1.29, 1.82) is 0 Å². The SMILES string of the molecule is C=CC(=O)Nc1cccc(-c2n[nH]c3cc(C)ccc23)c1. The standard InChI is InChI=1S/C17H15N3O/c1-3-16(21)18-13-6-4-5-12(10-13)17-14-8-7-11(2)9-15(14)19-20-17/h3-10H,1H2,2H3,(H,18,21)(H,19,20). The van der Waals surface area contributed by atoms with E-state index in [-0.39, 0.29) is 5.91 Å². The first kappa shape index (κ1) is 13.1. The van der Waals surface area contributed by atoms with Gasteiger partial charge in [0.15, 0.2) is 0 Å². The highest BCUT2D eigenvalue weighted by Gasteiger charge is 2.09. The Kier molecular flexibility index (Phi) is 3.28. The van der Waals surface area contributed by atoms with Crippen LogP contribution in [0.25, 0.3) is 22.2 Å². The number of rotatable bonds is 3. The molecule has 0 spiro atoms. The molecule has 4 heteroatoms. The third-order valence-corrected chi connectivity index (χ3v) is 3.31. The molecule has 104 valence electrons. The molecule has 0 fully saturated rings. The first-order valence-corrected chi connectivity index (χ1v) is 6.66. The van der Waals surface area contributed by atoms with E-state index in [9.17, 15) is 4.79 Å². The van der Waals surface area contributed by atoms with Gasteiger partial charge in [0.1, 0.15) is 0 Å². The summed E-state index contributed by atoms with van der Waals surface area (Å²) in [6.07, 6.45) is 1.25. The van der Waals surface area contributed by atoms with Crippen LogP contribution in [0.5, 0.6) is 0 Å². The maximum atomic E-state index is 11.4. The Hall–Kier alpha value is -2.88. The Labute approximate surface area is 122 Å². The van der Waals surface area contributed by atoms with Crippen molar-refractivity contribution in [2.75, 3.05) is 5.32 Å². The molecule has 2 N–H and O–H groups in total. The van der Waals surface area contributed by atoms with Gasteiger partial charge in [-0.25, -0.2) is 0 Å². The van der Waals surface area contributed by atoms with Crippen molar-refractivity contribution in [3.05, 3.63) is 60.7 Å². The molecule has 4 nitrogen and oxygen atoms in total. The fraction of sp³-hybridized carbons (Fsp3) is 0.0588. The second-order valence-electron chi connectivity index (χ2n) is 4.90. The Bertz CT molecular complexity index is 833. The van der Waals surface area contributed by atoms with Gasteiger partial charge in [-0.1, -0.05) is 30.8 Å². The summed E-state index contributed by atoms with van der Waals surface area (Å²) in [7, 11) is 0. The maximum absolute atomic E-state index is 11.4. The third-order valence-electron chi connectivity index (χ3n) is 3.31. The number of carbonyl (C=O) groups is 1. The first-order chi connectivity index (χ1) is 10.2. The van der Waals surface area contributed by atoms with E-state index in [2.05, 4.69) is 40.3 Å². The first-order valence-electron chi connectivity index (χ1n) is 6.66. The molecule has 1 heterocycles. The van der Waals surface area contributed by atoms with Gasteiger partial charge in [0.25, 0.3) is 0 Å². The molecular weight excluding hydrogens is 262 g/mol. The number of H-pyrrole nitrogens is 1. The lowest BCUT2D eigenvalue weighted by Crippen LogP contribution is -2.06. The highest BCUT2D eigenvalue weighted by molar-refractivity contribution is 6.00. The second kappa shape index (κ2) is 5.25. The van der Waals surface area contributed by atoms with Gasteiger partial charge in [0.2, 0.25) is 5.91 Å². The molecule has 0 aliphatic carbocycles. The number of aromatic nitrogens is 2. The van der Waals surface area contributed by atoms with Crippen molar-refractivity contribution in [3.63, 3.8) is 0 Å². The van der Waals surface area contributed by atoms with Gasteiger partial charge in [0.05, 0.1) is 11.2 Å². The average molecular weight is 277 g/mol. The highest BCUT2D eigenvalue weighted by atomic mass is 16.1.